The molecular weight excluding hydrogens is 254 g/mol. The van der Waals surface area contributed by atoms with Crippen molar-refractivity contribution in [1.82, 2.24) is 4.31 Å². The topological polar surface area (TPSA) is 63.7 Å². The van der Waals surface area contributed by atoms with Crippen LogP contribution in [0.25, 0.3) is 0 Å². The summed E-state index contributed by atoms with van der Waals surface area (Å²) < 4.78 is 31.0. The molecular formula is C12H21NO4S. The highest BCUT2D eigenvalue weighted by Crippen LogP contribution is 2.33. The minimum atomic E-state index is -3.46. The number of esters is 1. The van der Waals surface area contributed by atoms with E-state index >= 15 is 0 Å². The molecule has 1 rings (SSSR count). The average Bonchev–Trinajstić information content (AvgIpc) is 2.84. The van der Waals surface area contributed by atoms with Crippen LogP contribution >= 0.6 is 0 Å². The summed E-state index contributed by atoms with van der Waals surface area (Å²) in [6, 6.07) is 0. The summed E-state index contributed by atoms with van der Waals surface area (Å²) in [5.41, 5.74) is 0. The first-order chi connectivity index (χ1) is 8.48. The molecule has 2 unspecified atom stereocenters. The molecule has 104 valence electrons. The second kappa shape index (κ2) is 6.33. The Labute approximate surface area is 109 Å². The van der Waals surface area contributed by atoms with E-state index in [9.17, 15) is 13.2 Å². The zero-order valence-corrected chi connectivity index (χ0v) is 11.8. The van der Waals surface area contributed by atoms with Gasteiger partial charge >= 0.3 is 5.97 Å². The van der Waals surface area contributed by atoms with E-state index in [2.05, 4.69) is 6.58 Å². The van der Waals surface area contributed by atoms with E-state index < -0.39 is 27.2 Å². The van der Waals surface area contributed by atoms with Gasteiger partial charge in [0.25, 0.3) is 0 Å². The lowest BCUT2D eigenvalue weighted by molar-refractivity contribution is -0.145. The fourth-order valence-electron chi connectivity index (χ4n) is 2.45. The molecule has 6 heteroatoms. The Morgan fingerprint density at radius 3 is 2.67 bits per heavy atom. The van der Waals surface area contributed by atoms with Crippen LogP contribution in [0.15, 0.2) is 12.7 Å². The molecule has 1 fully saturated rings. The first kappa shape index (κ1) is 15.2. The monoisotopic (exact) mass is 275 g/mol. The van der Waals surface area contributed by atoms with E-state index in [0.29, 0.717) is 19.4 Å². The number of methoxy groups -OCH3 is 1. The van der Waals surface area contributed by atoms with Gasteiger partial charge in [0.2, 0.25) is 10.0 Å². The van der Waals surface area contributed by atoms with Gasteiger partial charge in [-0.3, -0.25) is 4.79 Å². The maximum absolute atomic E-state index is 12.5. The predicted octanol–water partition coefficient (Wildman–Crippen LogP) is 1.17. The number of ether oxygens (including phenoxy) is 1. The summed E-state index contributed by atoms with van der Waals surface area (Å²) in [5, 5.41) is -0.648. The maximum Gasteiger partial charge on any atom is 0.310 e. The molecule has 0 aromatic carbocycles. The molecule has 0 aromatic heterocycles. The number of hydrogen-bond donors (Lipinski definition) is 0. The van der Waals surface area contributed by atoms with E-state index in [1.807, 2.05) is 0 Å². The summed E-state index contributed by atoms with van der Waals surface area (Å²) in [5.74, 6) is -0.949. The van der Waals surface area contributed by atoms with Gasteiger partial charge in [0.05, 0.1) is 18.3 Å². The van der Waals surface area contributed by atoms with E-state index in [4.69, 9.17) is 4.74 Å². The number of rotatable bonds is 6. The Balaban J connectivity index is 2.95. The Morgan fingerprint density at radius 1 is 1.50 bits per heavy atom. The third-order valence-corrected chi connectivity index (χ3v) is 5.84. The molecule has 0 bridgehead atoms. The lowest BCUT2D eigenvalue weighted by Gasteiger charge is -2.25. The first-order valence-corrected chi connectivity index (χ1v) is 7.67. The highest BCUT2D eigenvalue weighted by molar-refractivity contribution is 7.89. The molecule has 0 heterocycles. The van der Waals surface area contributed by atoms with Crippen LogP contribution in [0.2, 0.25) is 0 Å². The van der Waals surface area contributed by atoms with Gasteiger partial charge in [-0.1, -0.05) is 19.4 Å². The maximum atomic E-state index is 12.5. The molecule has 1 saturated carbocycles. The van der Waals surface area contributed by atoms with Crippen molar-refractivity contribution in [3.63, 3.8) is 0 Å². The predicted molar refractivity (Wildman–Crippen MR) is 69.5 cm³/mol. The molecule has 2 atom stereocenters. The van der Waals surface area contributed by atoms with Gasteiger partial charge in [0.1, 0.15) is 0 Å². The molecule has 0 aromatic rings. The Bertz CT molecular complexity index is 404. The Morgan fingerprint density at radius 2 is 2.17 bits per heavy atom. The lowest BCUT2D eigenvalue weighted by Crippen LogP contribution is -2.42. The minimum absolute atomic E-state index is 0.281. The van der Waals surface area contributed by atoms with Crippen LogP contribution in [0.5, 0.6) is 0 Å². The standard InChI is InChI=1S/C12H21NO4S/c1-4-9-13(5-2)18(15,16)11-8-6-7-10(11)12(14)17-3/h4,10-11H,1,5-9H2,2-3H3. The summed E-state index contributed by atoms with van der Waals surface area (Å²) >= 11 is 0. The smallest absolute Gasteiger partial charge is 0.310 e. The fourth-order valence-corrected chi connectivity index (χ4v) is 4.63. The Kier molecular flexibility index (Phi) is 5.34. The lowest BCUT2D eigenvalue weighted by atomic mass is 10.1. The average molecular weight is 275 g/mol. The van der Waals surface area contributed by atoms with E-state index in [1.165, 1.54) is 11.4 Å². The van der Waals surface area contributed by atoms with Crippen LogP contribution in [-0.2, 0) is 19.6 Å². The number of carbonyl (C=O) groups excluding carboxylic acids is 1. The van der Waals surface area contributed by atoms with Crippen LogP contribution in [0.1, 0.15) is 26.2 Å². The van der Waals surface area contributed by atoms with Crippen molar-refractivity contribution in [2.24, 2.45) is 5.92 Å². The number of carbonyl (C=O) groups is 1. The van der Waals surface area contributed by atoms with Crippen molar-refractivity contribution in [3.05, 3.63) is 12.7 Å². The fraction of sp³-hybridized carbons (Fsp3) is 0.750. The van der Waals surface area contributed by atoms with Crippen molar-refractivity contribution in [1.29, 1.82) is 0 Å². The molecule has 1 aliphatic carbocycles. The number of nitrogens with zero attached hydrogens (tertiary/aromatic N) is 1. The molecule has 18 heavy (non-hydrogen) atoms. The van der Waals surface area contributed by atoms with Gasteiger partial charge in [-0.25, -0.2) is 8.42 Å². The first-order valence-electron chi connectivity index (χ1n) is 6.16. The molecule has 1 aliphatic rings. The van der Waals surface area contributed by atoms with Gasteiger partial charge in [0, 0.05) is 13.1 Å². The third-order valence-electron chi connectivity index (χ3n) is 3.38. The second-order valence-electron chi connectivity index (χ2n) is 4.38. The van der Waals surface area contributed by atoms with E-state index in [1.54, 1.807) is 13.0 Å². The zero-order valence-electron chi connectivity index (χ0n) is 11.0. The Hall–Kier alpha value is -0.880. The summed E-state index contributed by atoms with van der Waals surface area (Å²) in [7, 11) is -2.16. The third kappa shape index (κ3) is 2.92. The minimum Gasteiger partial charge on any atom is -0.469 e. The van der Waals surface area contributed by atoms with Crippen LogP contribution in [0, 0.1) is 5.92 Å². The van der Waals surface area contributed by atoms with Gasteiger partial charge in [-0.15, -0.1) is 6.58 Å². The van der Waals surface area contributed by atoms with Crippen molar-refractivity contribution < 1.29 is 17.9 Å². The highest BCUT2D eigenvalue weighted by atomic mass is 32.2. The highest BCUT2D eigenvalue weighted by Gasteiger charge is 2.44. The van der Waals surface area contributed by atoms with Crippen molar-refractivity contribution in [2.75, 3.05) is 20.2 Å². The van der Waals surface area contributed by atoms with Gasteiger partial charge in [-0.2, -0.15) is 4.31 Å². The molecule has 0 aliphatic heterocycles. The second-order valence-corrected chi connectivity index (χ2v) is 6.54. The molecule has 0 amide bonds. The largest absolute Gasteiger partial charge is 0.469 e. The normalized spacial score (nSPS) is 24.2. The van der Waals surface area contributed by atoms with E-state index in [0.717, 1.165) is 6.42 Å². The van der Waals surface area contributed by atoms with Crippen LogP contribution in [0.4, 0.5) is 0 Å². The number of likely N-dealkylation sites (N-methyl/N-ethyl adjacent to an activating group) is 1. The van der Waals surface area contributed by atoms with Gasteiger partial charge < -0.3 is 4.74 Å². The number of hydrogen-bond acceptors (Lipinski definition) is 4. The summed E-state index contributed by atoms with van der Waals surface area (Å²) in [6.07, 6.45) is 3.41. The van der Waals surface area contributed by atoms with Gasteiger partial charge in [0.15, 0.2) is 0 Å². The SMILES string of the molecule is C=CCN(CC)S(=O)(=O)C1CCCC1C(=O)OC. The van der Waals surface area contributed by atoms with Crippen LogP contribution in [-0.4, -0.2) is 44.1 Å². The molecule has 5 nitrogen and oxygen atoms in total. The number of sulfonamides is 1. The van der Waals surface area contributed by atoms with Gasteiger partial charge in [-0.05, 0) is 12.8 Å². The van der Waals surface area contributed by atoms with E-state index in [-0.39, 0.29) is 6.54 Å². The quantitative estimate of drug-likeness (QED) is 0.539. The van der Waals surface area contributed by atoms with Crippen molar-refractivity contribution in [2.45, 2.75) is 31.4 Å². The molecule has 0 spiro atoms. The summed E-state index contributed by atoms with van der Waals surface area (Å²) in [6.45, 7) is 6.01. The van der Waals surface area contributed by atoms with Crippen LogP contribution in [0.3, 0.4) is 0 Å². The van der Waals surface area contributed by atoms with Crippen molar-refractivity contribution in [3.8, 4) is 0 Å². The van der Waals surface area contributed by atoms with Crippen molar-refractivity contribution >= 4 is 16.0 Å². The van der Waals surface area contributed by atoms with Crippen LogP contribution < -0.4 is 0 Å². The molecule has 0 radical (unpaired) electrons. The molecule has 0 saturated heterocycles. The summed E-state index contributed by atoms with van der Waals surface area (Å²) in [4.78, 5) is 11.6. The zero-order chi connectivity index (χ0) is 13.8. The molecule has 0 N–H and O–H groups in total.